The Hall–Kier alpha value is -0.930. The Bertz CT molecular complexity index is 296. The zero-order chi connectivity index (χ0) is 11.2. The molecule has 1 aromatic heterocycles. The molecule has 3 heteroatoms. The molecule has 2 unspecified atom stereocenters. The molecule has 1 aromatic rings. The minimum atomic E-state index is -0.300. The molecular weight excluding hydrogens is 202 g/mol. The SMILES string of the molecule is OC(Cc1ccncc1)CC1CCCCO1. The van der Waals surface area contributed by atoms with Crippen LogP contribution in [0.1, 0.15) is 31.2 Å². The predicted octanol–water partition coefficient (Wildman–Crippen LogP) is 1.94. The summed E-state index contributed by atoms with van der Waals surface area (Å²) in [6.45, 7) is 0.854. The van der Waals surface area contributed by atoms with Gasteiger partial charge in [-0.3, -0.25) is 4.98 Å². The number of rotatable bonds is 4. The Morgan fingerprint density at radius 1 is 1.38 bits per heavy atom. The molecule has 1 saturated heterocycles. The van der Waals surface area contributed by atoms with Gasteiger partial charge >= 0.3 is 0 Å². The fraction of sp³-hybridized carbons (Fsp3) is 0.615. The van der Waals surface area contributed by atoms with Crippen LogP contribution in [0.15, 0.2) is 24.5 Å². The van der Waals surface area contributed by atoms with Crippen LogP contribution in [-0.2, 0) is 11.2 Å². The van der Waals surface area contributed by atoms with Gasteiger partial charge in [0, 0.05) is 19.0 Å². The van der Waals surface area contributed by atoms with Crippen LogP contribution in [0, 0.1) is 0 Å². The summed E-state index contributed by atoms with van der Waals surface area (Å²) in [5.74, 6) is 0. The normalized spacial score (nSPS) is 22.9. The molecule has 2 rings (SSSR count). The third kappa shape index (κ3) is 3.58. The van der Waals surface area contributed by atoms with E-state index >= 15 is 0 Å². The number of aromatic nitrogens is 1. The standard InChI is InChI=1S/C13H19NO2/c15-12(9-11-4-6-14-7-5-11)10-13-3-1-2-8-16-13/h4-7,12-13,15H,1-3,8-10H2. The maximum atomic E-state index is 9.95. The molecule has 0 bridgehead atoms. The highest BCUT2D eigenvalue weighted by atomic mass is 16.5. The molecule has 0 aliphatic carbocycles. The average Bonchev–Trinajstić information content (AvgIpc) is 2.31. The summed E-state index contributed by atoms with van der Waals surface area (Å²) < 4.78 is 5.61. The molecular formula is C13H19NO2. The van der Waals surface area contributed by atoms with Crippen LogP contribution in [0.3, 0.4) is 0 Å². The van der Waals surface area contributed by atoms with Crippen LogP contribution in [0.4, 0.5) is 0 Å². The number of hydrogen-bond acceptors (Lipinski definition) is 3. The highest BCUT2D eigenvalue weighted by Crippen LogP contribution is 2.18. The fourth-order valence-corrected chi connectivity index (χ4v) is 2.17. The van der Waals surface area contributed by atoms with Gasteiger partial charge in [-0.2, -0.15) is 0 Å². The van der Waals surface area contributed by atoms with Crippen molar-refractivity contribution in [1.29, 1.82) is 0 Å². The summed E-state index contributed by atoms with van der Waals surface area (Å²) in [6.07, 6.45) is 8.41. The van der Waals surface area contributed by atoms with Gasteiger partial charge in [0.2, 0.25) is 0 Å². The number of pyridine rings is 1. The topological polar surface area (TPSA) is 42.4 Å². The molecule has 1 aliphatic rings. The molecule has 1 fully saturated rings. The van der Waals surface area contributed by atoms with Gasteiger partial charge in [0.15, 0.2) is 0 Å². The molecule has 88 valence electrons. The molecule has 16 heavy (non-hydrogen) atoms. The van der Waals surface area contributed by atoms with Gasteiger partial charge in [0.25, 0.3) is 0 Å². The average molecular weight is 221 g/mol. The van der Waals surface area contributed by atoms with Crippen LogP contribution in [-0.4, -0.2) is 28.9 Å². The molecule has 0 amide bonds. The second-order valence-electron chi connectivity index (χ2n) is 4.44. The third-order valence-electron chi connectivity index (χ3n) is 3.03. The summed E-state index contributed by atoms with van der Waals surface area (Å²) in [4.78, 5) is 3.96. The van der Waals surface area contributed by atoms with Crippen molar-refractivity contribution in [2.45, 2.75) is 44.3 Å². The number of aliphatic hydroxyl groups is 1. The van der Waals surface area contributed by atoms with Crippen molar-refractivity contribution in [3.8, 4) is 0 Å². The first-order valence-electron chi connectivity index (χ1n) is 6.03. The molecule has 0 aromatic carbocycles. The van der Waals surface area contributed by atoms with E-state index in [9.17, 15) is 5.11 Å². The predicted molar refractivity (Wildman–Crippen MR) is 62.2 cm³/mol. The van der Waals surface area contributed by atoms with E-state index in [-0.39, 0.29) is 12.2 Å². The van der Waals surface area contributed by atoms with Gasteiger partial charge in [-0.25, -0.2) is 0 Å². The van der Waals surface area contributed by atoms with Crippen molar-refractivity contribution in [2.24, 2.45) is 0 Å². The maximum Gasteiger partial charge on any atom is 0.0605 e. The zero-order valence-electron chi connectivity index (χ0n) is 9.51. The summed E-state index contributed by atoms with van der Waals surface area (Å²) in [6, 6.07) is 3.90. The fourth-order valence-electron chi connectivity index (χ4n) is 2.17. The van der Waals surface area contributed by atoms with Gasteiger partial charge in [0.05, 0.1) is 12.2 Å². The van der Waals surface area contributed by atoms with E-state index in [1.54, 1.807) is 12.4 Å². The summed E-state index contributed by atoms with van der Waals surface area (Å²) >= 11 is 0. The lowest BCUT2D eigenvalue weighted by Gasteiger charge is -2.24. The van der Waals surface area contributed by atoms with Gasteiger partial charge in [-0.15, -0.1) is 0 Å². The lowest BCUT2D eigenvalue weighted by Crippen LogP contribution is -2.25. The molecule has 2 heterocycles. The number of hydrogen-bond donors (Lipinski definition) is 1. The van der Waals surface area contributed by atoms with Crippen LogP contribution >= 0.6 is 0 Å². The van der Waals surface area contributed by atoms with E-state index in [1.165, 1.54) is 6.42 Å². The Morgan fingerprint density at radius 3 is 2.88 bits per heavy atom. The highest BCUT2D eigenvalue weighted by Gasteiger charge is 2.18. The maximum absolute atomic E-state index is 9.95. The minimum Gasteiger partial charge on any atom is -0.393 e. The smallest absolute Gasteiger partial charge is 0.0605 e. The quantitative estimate of drug-likeness (QED) is 0.845. The number of ether oxygens (including phenoxy) is 1. The van der Waals surface area contributed by atoms with Crippen LogP contribution in [0.25, 0.3) is 0 Å². The van der Waals surface area contributed by atoms with Gasteiger partial charge in [-0.1, -0.05) is 0 Å². The van der Waals surface area contributed by atoms with E-state index < -0.39 is 0 Å². The van der Waals surface area contributed by atoms with Gasteiger partial charge in [0.1, 0.15) is 0 Å². The Labute approximate surface area is 96.5 Å². The molecule has 2 atom stereocenters. The van der Waals surface area contributed by atoms with E-state index in [0.29, 0.717) is 6.42 Å². The first-order valence-corrected chi connectivity index (χ1v) is 6.03. The first kappa shape index (κ1) is 11.6. The zero-order valence-corrected chi connectivity index (χ0v) is 9.51. The number of nitrogens with zero attached hydrogens (tertiary/aromatic N) is 1. The lowest BCUT2D eigenvalue weighted by molar-refractivity contribution is -0.0147. The molecule has 1 N–H and O–H groups in total. The molecule has 0 spiro atoms. The summed E-state index contributed by atoms with van der Waals surface area (Å²) in [5, 5.41) is 9.95. The summed E-state index contributed by atoms with van der Waals surface area (Å²) in [7, 11) is 0. The monoisotopic (exact) mass is 221 g/mol. The molecule has 1 aliphatic heterocycles. The van der Waals surface area contributed by atoms with Crippen LogP contribution < -0.4 is 0 Å². The Balaban J connectivity index is 1.77. The van der Waals surface area contributed by atoms with E-state index in [4.69, 9.17) is 4.74 Å². The molecule has 3 nitrogen and oxygen atoms in total. The van der Waals surface area contributed by atoms with E-state index in [0.717, 1.165) is 31.4 Å². The lowest BCUT2D eigenvalue weighted by atomic mass is 9.99. The second kappa shape index (κ2) is 5.97. The van der Waals surface area contributed by atoms with Crippen molar-refractivity contribution in [2.75, 3.05) is 6.61 Å². The van der Waals surface area contributed by atoms with Crippen molar-refractivity contribution in [3.05, 3.63) is 30.1 Å². The van der Waals surface area contributed by atoms with E-state index in [2.05, 4.69) is 4.98 Å². The van der Waals surface area contributed by atoms with Crippen LogP contribution in [0.5, 0.6) is 0 Å². The minimum absolute atomic E-state index is 0.255. The number of aliphatic hydroxyl groups excluding tert-OH is 1. The van der Waals surface area contributed by atoms with Crippen molar-refractivity contribution in [1.82, 2.24) is 4.98 Å². The van der Waals surface area contributed by atoms with Gasteiger partial charge in [-0.05, 0) is 49.8 Å². The molecule has 0 radical (unpaired) electrons. The Kier molecular flexibility index (Phi) is 4.31. The highest BCUT2D eigenvalue weighted by molar-refractivity contribution is 5.10. The molecule has 0 saturated carbocycles. The van der Waals surface area contributed by atoms with Crippen LogP contribution in [0.2, 0.25) is 0 Å². The van der Waals surface area contributed by atoms with Gasteiger partial charge < -0.3 is 9.84 Å². The second-order valence-corrected chi connectivity index (χ2v) is 4.44. The van der Waals surface area contributed by atoms with Crippen molar-refractivity contribution < 1.29 is 9.84 Å². The summed E-state index contributed by atoms with van der Waals surface area (Å²) in [5.41, 5.74) is 1.14. The third-order valence-corrected chi connectivity index (χ3v) is 3.03. The Morgan fingerprint density at radius 2 is 2.19 bits per heavy atom. The van der Waals surface area contributed by atoms with E-state index in [1.807, 2.05) is 12.1 Å². The largest absolute Gasteiger partial charge is 0.393 e. The first-order chi connectivity index (χ1) is 7.84. The van der Waals surface area contributed by atoms with Crippen molar-refractivity contribution in [3.63, 3.8) is 0 Å². The van der Waals surface area contributed by atoms with Crippen molar-refractivity contribution >= 4 is 0 Å².